The number of carboxylic acid groups (broad SMARTS) is 1. The summed E-state index contributed by atoms with van der Waals surface area (Å²) in [5, 5.41) is 14.4. The minimum Gasteiger partial charge on any atom is -0.480 e. The Hall–Kier alpha value is -3.30. The Balaban J connectivity index is 2.86. The Morgan fingerprint density at radius 1 is 1.10 bits per heavy atom. The maximum atomic E-state index is 12.8. The van der Waals surface area contributed by atoms with Gasteiger partial charge in [0.2, 0.25) is 5.91 Å². The van der Waals surface area contributed by atoms with Crippen LogP contribution < -0.4 is 22.1 Å². The van der Waals surface area contributed by atoms with Gasteiger partial charge in [0.1, 0.15) is 17.7 Å². The van der Waals surface area contributed by atoms with Crippen LogP contribution in [0.2, 0.25) is 0 Å². The van der Waals surface area contributed by atoms with Crippen LogP contribution in [0.1, 0.15) is 39.2 Å². The zero-order valence-corrected chi connectivity index (χ0v) is 17.6. The van der Waals surface area contributed by atoms with Crippen molar-refractivity contribution in [2.24, 2.45) is 16.5 Å². The van der Waals surface area contributed by atoms with E-state index in [1.807, 2.05) is 18.2 Å². The fraction of sp³-hybridized carbons (Fsp3) is 0.500. The van der Waals surface area contributed by atoms with E-state index in [1.165, 1.54) is 0 Å². The van der Waals surface area contributed by atoms with Gasteiger partial charge in [0.25, 0.3) is 0 Å². The van der Waals surface area contributed by atoms with Gasteiger partial charge in [0, 0.05) is 13.0 Å². The molecule has 2 atom stereocenters. The van der Waals surface area contributed by atoms with Gasteiger partial charge in [0.15, 0.2) is 5.96 Å². The monoisotopic (exact) mass is 421 g/mol. The fourth-order valence-electron chi connectivity index (χ4n) is 2.54. The van der Waals surface area contributed by atoms with Gasteiger partial charge < -0.3 is 31.9 Å². The lowest BCUT2D eigenvalue weighted by atomic mass is 10.0. The number of guanidine groups is 1. The molecule has 0 spiro atoms. The number of nitrogens with zero attached hydrogens (tertiary/aromatic N) is 1. The van der Waals surface area contributed by atoms with E-state index in [1.54, 1.807) is 32.9 Å². The van der Waals surface area contributed by atoms with E-state index < -0.39 is 35.7 Å². The maximum absolute atomic E-state index is 12.8. The van der Waals surface area contributed by atoms with Gasteiger partial charge in [-0.1, -0.05) is 30.3 Å². The SMILES string of the molecule is CC(C)(C)OC(=O)NC(Cc1ccccc1)C(=O)N[C@@H](CCCN=C(N)N)C(=O)O. The average molecular weight is 421 g/mol. The number of amides is 2. The van der Waals surface area contributed by atoms with Crippen LogP contribution in [0.25, 0.3) is 0 Å². The third-order valence-corrected chi connectivity index (χ3v) is 3.85. The fourth-order valence-corrected chi connectivity index (χ4v) is 2.54. The van der Waals surface area contributed by atoms with Crippen molar-refractivity contribution < 1.29 is 24.2 Å². The van der Waals surface area contributed by atoms with E-state index in [2.05, 4.69) is 15.6 Å². The second kappa shape index (κ2) is 11.6. The highest BCUT2D eigenvalue weighted by Crippen LogP contribution is 2.09. The van der Waals surface area contributed by atoms with E-state index in [9.17, 15) is 19.5 Å². The molecule has 0 aliphatic heterocycles. The Morgan fingerprint density at radius 2 is 1.73 bits per heavy atom. The number of rotatable bonds is 10. The summed E-state index contributed by atoms with van der Waals surface area (Å²) in [6, 6.07) is 6.90. The minimum absolute atomic E-state index is 0.0876. The summed E-state index contributed by atoms with van der Waals surface area (Å²) in [6.07, 6.45) is -0.106. The highest BCUT2D eigenvalue weighted by Gasteiger charge is 2.28. The summed E-state index contributed by atoms with van der Waals surface area (Å²) < 4.78 is 5.23. The number of hydrogen-bond acceptors (Lipinski definition) is 5. The Labute approximate surface area is 176 Å². The highest BCUT2D eigenvalue weighted by atomic mass is 16.6. The van der Waals surface area contributed by atoms with Gasteiger partial charge in [-0.05, 0) is 39.2 Å². The normalized spacial score (nSPS) is 12.9. The summed E-state index contributed by atoms with van der Waals surface area (Å²) in [6.45, 7) is 5.35. The van der Waals surface area contributed by atoms with Crippen LogP contribution in [0.5, 0.6) is 0 Å². The molecular weight excluding hydrogens is 390 g/mol. The standard InChI is InChI=1S/C20H31N5O5/c1-20(2,3)30-19(29)25-15(12-13-8-5-4-6-9-13)16(26)24-14(17(27)28)10-7-11-23-18(21)22/h4-6,8-9,14-15H,7,10-12H2,1-3H3,(H,24,26)(H,25,29)(H,27,28)(H4,21,22,23)/t14-,15?/m0/s1. The second-order valence-electron chi connectivity index (χ2n) is 7.74. The van der Waals surface area contributed by atoms with Gasteiger partial charge in [-0.15, -0.1) is 0 Å². The minimum atomic E-state index is -1.19. The lowest BCUT2D eigenvalue weighted by Gasteiger charge is -2.24. The van der Waals surface area contributed by atoms with Crippen molar-refractivity contribution >= 4 is 23.9 Å². The number of benzene rings is 1. The van der Waals surface area contributed by atoms with Crippen LogP contribution in [0.15, 0.2) is 35.3 Å². The van der Waals surface area contributed by atoms with E-state index in [4.69, 9.17) is 16.2 Å². The van der Waals surface area contributed by atoms with Crippen LogP contribution in [-0.4, -0.2) is 53.3 Å². The van der Waals surface area contributed by atoms with Crippen molar-refractivity contribution in [3.05, 3.63) is 35.9 Å². The van der Waals surface area contributed by atoms with E-state index >= 15 is 0 Å². The van der Waals surface area contributed by atoms with Crippen molar-refractivity contribution in [2.45, 2.75) is 57.7 Å². The number of hydrogen-bond donors (Lipinski definition) is 5. The molecule has 166 valence electrons. The van der Waals surface area contributed by atoms with Crippen LogP contribution in [0.4, 0.5) is 4.79 Å². The molecule has 0 saturated carbocycles. The molecule has 1 aromatic carbocycles. The molecule has 0 aliphatic carbocycles. The predicted molar refractivity (Wildman–Crippen MR) is 113 cm³/mol. The van der Waals surface area contributed by atoms with Crippen LogP contribution in [0, 0.1) is 0 Å². The van der Waals surface area contributed by atoms with Crippen molar-refractivity contribution in [1.82, 2.24) is 10.6 Å². The van der Waals surface area contributed by atoms with Crippen LogP contribution >= 0.6 is 0 Å². The molecule has 0 saturated heterocycles. The van der Waals surface area contributed by atoms with E-state index in [0.29, 0.717) is 6.42 Å². The van der Waals surface area contributed by atoms with Crippen LogP contribution in [-0.2, 0) is 20.7 Å². The number of aliphatic carboxylic acids is 1. The summed E-state index contributed by atoms with van der Waals surface area (Å²) in [4.78, 5) is 40.3. The zero-order chi connectivity index (χ0) is 22.7. The number of carbonyl (C=O) groups is 3. The third kappa shape index (κ3) is 10.3. The Bertz CT molecular complexity index is 742. The molecule has 2 amide bonds. The van der Waals surface area contributed by atoms with E-state index in [0.717, 1.165) is 5.56 Å². The van der Waals surface area contributed by atoms with Gasteiger partial charge in [-0.2, -0.15) is 0 Å². The molecule has 0 radical (unpaired) electrons. The molecule has 10 nitrogen and oxygen atoms in total. The first-order chi connectivity index (χ1) is 14.0. The van der Waals surface area contributed by atoms with Crippen molar-refractivity contribution in [3.63, 3.8) is 0 Å². The molecule has 1 unspecified atom stereocenters. The number of carboxylic acids is 1. The number of nitrogens with two attached hydrogens (primary N) is 2. The first-order valence-electron chi connectivity index (χ1n) is 9.60. The molecule has 0 bridgehead atoms. The van der Waals surface area contributed by atoms with Gasteiger partial charge in [0.05, 0.1) is 0 Å². The number of carbonyl (C=O) groups excluding carboxylic acids is 2. The number of ether oxygens (including phenoxy) is 1. The molecule has 1 rings (SSSR count). The Morgan fingerprint density at radius 3 is 2.27 bits per heavy atom. The molecule has 30 heavy (non-hydrogen) atoms. The first-order valence-corrected chi connectivity index (χ1v) is 9.60. The number of nitrogens with one attached hydrogen (secondary N) is 2. The smallest absolute Gasteiger partial charge is 0.408 e. The zero-order valence-electron chi connectivity index (χ0n) is 17.6. The lowest BCUT2D eigenvalue weighted by Crippen LogP contribution is -2.53. The molecule has 1 aromatic rings. The summed E-state index contributed by atoms with van der Waals surface area (Å²) in [5.74, 6) is -1.90. The number of alkyl carbamates (subject to hydrolysis) is 1. The number of aliphatic imine (C=N–C) groups is 1. The van der Waals surface area contributed by atoms with Crippen LogP contribution in [0.3, 0.4) is 0 Å². The highest BCUT2D eigenvalue weighted by molar-refractivity contribution is 5.89. The molecule has 0 fully saturated rings. The average Bonchev–Trinajstić information content (AvgIpc) is 2.62. The van der Waals surface area contributed by atoms with Crippen molar-refractivity contribution in [3.8, 4) is 0 Å². The quantitative estimate of drug-likeness (QED) is 0.211. The molecule has 0 aromatic heterocycles. The summed E-state index contributed by atoms with van der Waals surface area (Å²) in [5.41, 5.74) is 10.5. The summed E-state index contributed by atoms with van der Waals surface area (Å²) >= 11 is 0. The molecule has 0 aliphatic rings. The lowest BCUT2D eigenvalue weighted by molar-refractivity contribution is -0.142. The van der Waals surface area contributed by atoms with Gasteiger partial charge >= 0.3 is 12.1 Å². The molecule has 10 heteroatoms. The molecule has 0 heterocycles. The predicted octanol–water partition coefficient (Wildman–Crippen LogP) is 0.745. The van der Waals surface area contributed by atoms with Gasteiger partial charge in [-0.25, -0.2) is 9.59 Å². The topological polar surface area (TPSA) is 169 Å². The van der Waals surface area contributed by atoms with Crippen molar-refractivity contribution in [2.75, 3.05) is 6.54 Å². The van der Waals surface area contributed by atoms with Crippen molar-refractivity contribution in [1.29, 1.82) is 0 Å². The van der Waals surface area contributed by atoms with Gasteiger partial charge in [-0.3, -0.25) is 9.79 Å². The molecule has 7 N–H and O–H groups in total. The maximum Gasteiger partial charge on any atom is 0.408 e. The Kier molecular flexibility index (Phi) is 9.60. The first kappa shape index (κ1) is 24.7. The van der Waals surface area contributed by atoms with E-state index in [-0.39, 0.29) is 25.3 Å². The largest absolute Gasteiger partial charge is 0.480 e. The third-order valence-electron chi connectivity index (χ3n) is 3.85. The second-order valence-corrected chi connectivity index (χ2v) is 7.74. The summed E-state index contributed by atoms with van der Waals surface area (Å²) in [7, 11) is 0. The molecular formula is C20H31N5O5.